The van der Waals surface area contributed by atoms with Crippen molar-refractivity contribution in [1.29, 1.82) is 0 Å². The maximum atomic E-state index is 13.3. The molecule has 0 aliphatic carbocycles. The highest BCUT2D eigenvalue weighted by Crippen LogP contribution is 2.24. The highest BCUT2D eigenvalue weighted by atomic mass is 16.6. The van der Waals surface area contributed by atoms with Crippen molar-refractivity contribution < 1.29 is 28.6 Å². The lowest BCUT2D eigenvalue weighted by Gasteiger charge is -2.36. The van der Waals surface area contributed by atoms with E-state index in [1.54, 1.807) is 0 Å². The summed E-state index contributed by atoms with van der Waals surface area (Å²) in [5.74, 6) is -0.718. The van der Waals surface area contributed by atoms with E-state index in [1.807, 2.05) is 0 Å². The predicted octanol–water partition coefficient (Wildman–Crippen LogP) is 18.6. The van der Waals surface area contributed by atoms with Crippen molar-refractivity contribution in [3.05, 3.63) is 36.5 Å². The number of esters is 3. The second-order valence-electron chi connectivity index (χ2n) is 22.4. The SMILES string of the molecule is CCCCCCCC/C=C\CCCCCCCC(=O)OCC(COC(=O)CCCCCCC/C=C\CCCCCCCC)(COC(=O)CCCCCCC/C=C\CCCCCCCC)CN(C)CCCN(C)C. The number of carbonyl (C=O) groups is 3. The summed E-state index contributed by atoms with van der Waals surface area (Å²) in [6.45, 7) is 9.15. The summed E-state index contributed by atoms with van der Waals surface area (Å²) in [7, 11) is 6.20. The van der Waals surface area contributed by atoms with E-state index in [0.717, 1.165) is 96.6 Å². The van der Waals surface area contributed by atoms with E-state index in [4.69, 9.17) is 14.2 Å². The van der Waals surface area contributed by atoms with Gasteiger partial charge in [0.25, 0.3) is 0 Å². The molecule has 0 unspecified atom stereocenters. The second kappa shape index (κ2) is 55.8. The molecule has 8 nitrogen and oxygen atoms in total. The minimum absolute atomic E-state index is 0.0380. The van der Waals surface area contributed by atoms with Crippen LogP contribution in [0, 0.1) is 5.41 Å². The van der Waals surface area contributed by atoms with Crippen LogP contribution in [0.4, 0.5) is 0 Å². The van der Waals surface area contributed by atoms with Gasteiger partial charge in [-0.2, -0.15) is 0 Å². The van der Waals surface area contributed by atoms with Gasteiger partial charge in [-0.15, -0.1) is 0 Å². The van der Waals surface area contributed by atoms with E-state index in [-0.39, 0.29) is 37.7 Å². The Morgan fingerprint density at radius 3 is 0.836 bits per heavy atom. The van der Waals surface area contributed by atoms with Crippen LogP contribution in [-0.4, -0.2) is 88.3 Å². The zero-order valence-electron chi connectivity index (χ0n) is 49.5. The molecule has 73 heavy (non-hydrogen) atoms. The van der Waals surface area contributed by atoms with Gasteiger partial charge in [-0.3, -0.25) is 14.4 Å². The number of rotatable bonds is 57. The normalized spacial score (nSPS) is 12.2. The molecule has 0 spiro atoms. The van der Waals surface area contributed by atoms with Crippen molar-refractivity contribution >= 4 is 17.9 Å². The zero-order chi connectivity index (χ0) is 53.4. The van der Waals surface area contributed by atoms with E-state index in [9.17, 15) is 14.4 Å². The summed E-state index contributed by atoms with van der Waals surface area (Å²) < 4.78 is 18.1. The number of unbranched alkanes of at least 4 members (excludes halogenated alkanes) is 33. The molecule has 0 rings (SSSR count). The third-order valence-electron chi connectivity index (χ3n) is 14.3. The van der Waals surface area contributed by atoms with Crippen LogP contribution in [0.2, 0.25) is 0 Å². The van der Waals surface area contributed by atoms with E-state index in [0.29, 0.717) is 25.8 Å². The number of ether oxygens (including phenoxy) is 3. The molecule has 0 fully saturated rings. The van der Waals surface area contributed by atoms with Crippen molar-refractivity contribution in [2.45, 2.75) is 297 Å². The Balaban J connectivity index is 5.23. The maximum absolute atomic E-state index is 13.3. The van der Waals surface area contributed by atoms with Crippen LogP contribution in [0.3, 0.4) is 0 Å². The first-order valence-corrected chi connectivity index (χ1v) is 31.4. The van der Waals surface area contributed by atoms with Crippen LogP contribution in [0.1, 0.15) is 297 Å². The van der Waals surface area contributed by atoms with Crippen molar-refractivity contribution in [2.24, 2.45) is 5.41 Å². The Morgan fingerprint density at radius 1 is 0.329 bits per heavy atom. The maximum Gasteiger partial charge on any atom is 0.305 e. The second-order valence-corrected chi connectivity index (χ2v) is 22.4. The number of hydrogen-bond acceptors (Lipinski definition) is 8. The van der Waals surface area contributed by atoms with Gasteiger partial charge in [-0.25, -0.2) is 0 Å². The highest BCUT2D eigenvalue weighted by Gasteiger charge is 2.37. The summed E-state index contributed by atoms with van der Waals surface area (Å²) in [4.78, 5) is 44.3. The molecule has 0 amide bonds. The molecule has 0 aliphatic rings. The number of allylic oxidation sites excluding steroid dienone is 6. The van der Waals surface area contributed by atoms with Crippen molar-refractivity contribution in [3.8, 4) is 0 Å². The van der Waals surface area contributed by atoms with Crippen LogP contribution < -0.4 is 0 Å². The van der Waals surface area contributed by atoms with Crippen molar-refractivity contribution in [2.75, 3.05) is 60.6 Å². The van der Waals surface area contributed by atoms with Crippen molar-refractivity contribution in [3.63, 3.8) is 0 Å². The molecular formula is C65H122N2O6. The van der Waals surface area contributed by atoms with Crippen LogP contribution in [0.5, 0.6) is 0 Å². The molecule has 0 aromatic rings. The fraction of sp³-hybridized carbons (Fsp3) is 0.862. The molecule has 0 aromatic carbocycles. The quantitative estimate of drug-likeness (QED) is 0.0258. The number of carbonyl (C=O) groups excluding carboxylic acids is 3. The van der Waals surface area contributed by atoms with Gasteiger partial charge in [0.1, 0.15) is 19.8 Å². The average Bonchev–Trinajstić information content (AvgIpc) is 3.37. The van der Waals surface area contributed by atoms with Crippen LogP contribution in [0.25, 0.3) is 0 Å². The molecule has 0 heterocycles. The average molecular weight is 1030 g/mol. The first-order chi connectivity index (χ1) is 35.7. The van der Waals surface area contributed by atoms with Gasteiger partial charge in [-0.1, -0.05) is 211 Å². The van der Waals surface area contributed by atoms with E-state index in [1.165, 1.54) is 173 Å². The van der Waals surface area contributed by atoms with Crippen LogP contribution in [0.15, 0.2) is 36.5 Å². The summed E-state index contributed by atoms with van der Waals surface area (Å²) in [5.41, 5.74) is -0.873. The standard InChI is InChI=1S/C65H122N2O6/c1-7-10-13-16-19-22-25-28-31-34-37-40-43-46-49-53-62(68)71-59-65(58-67(6)57-52-56-66(4)5,60-72-63(69)54-50-47-44-41-38-35-32-29-26-23-20-17-14-11-8-2)61-73-64(70)55-51-48-45-42-39-36-33-30-27-24-21-18-15-12-9-3/h28-33H,7-27,34-61H2,1-6H3/b31-28-,32-29-,33-30-. The van der Waals surface area contributed by atoms with Gasteiger partial charge < -0.3 is 24.0 Å². The first-order valence-electron chi connectivity index (χ1n) is 31.4. The van der Waals surface area contributed by atoms with E-state index in [2.05, 4.69) is 88.2 Å². The van der Waals surface area contributed by atoms with E-state index >= 15 is 0 Å². The third kappa shape index (κ3) is 52.8. The summed E-state index contributed by atoms with van der Waals surface area (Å²) in [6, 6.07) is 0. The Hall–Kier alpha value is -2.45. The molecular weight excluding hydrogens is 905 g/mol. The molecule has 0 saturated carbocycles. The summed E-state index contributed by atoms with van der Waals surface area (Å²) in [6.07, 6.45) is 63.1. The molecule has 8 heteroatoms. The largest absolute Gasteiger partial charge is 0.465 e. The number of hydrogen-bond donors (Lipinski definition) is 0. The monoisotopic (exact) mass is 1030 g/mol. The third-order valence-corrected chi connectivity index (χ3v) is 14.3. The number of nitrogens with zero attached hydrogens (tertiary/aromatic N) is 2. The smallest absolute Gasteiger partial charge is 0.305 e. The fourth-order valence-electron chi connectivity index (χ4n) is 9.51. The molecule has 0 aromatic heterocycles. The molecule has 0 radical (unpaired) electrons. The van der Waals surface area contributed by atoms with Crippen molar-refractivity contribution in [1.82, 2.24) is 9.80 Å². The van der Waals surface area contributed by atoms with Gasteiger partial charge in [0.15, 0.2) is 0 Å². The minimum atomic E-state index is -0.873. The molecule has 0 atom stereocenters. The van der Waals surface area contributed by atoms with Gasteiger partial charge >= 0.3 is 17.9 Å². The summed E-state index contributed by atoms with van der Waals surface area (Å²) >= 11 is 0. The van der Waals surface area contributed by atoms with Gasteiger partial charge in [0.05, 0.1) is 5.41 Å². The Labute approximate surface area is 453 Å². The van der Waals surface area contributed by atoms with Gasteiger partial charge in [-0.05, 0) is 137 Å². The minimum Gasteiger partial charge on any atom is -0.465 e. The Kier molecular flexibility index (Phi) is 53.9. The highest BCUT2D eigenvalue weighted by molar-refractivity contribution is 5.70. The first kappa shape index (κ1) is 70.5. The lowest BCUT2D eigenvalue weighted by molar-refractivity contribution is -0.163. The predicted molar refractivity (Wildman–Crippen MR) is 314 cm³/mol. The molecule has 428 valence electrons. The summed E-state index contributed by atoms with van der Waals surface area (Å²) in [5, 5.41) is 0. The van der Waals surface area contributed by atoms with E-state index < -0.39 is 5.41 Å². The van der Waals surface area contributed by atoms with Crippen LogP contribution in [-0.2, 0) is 28.6 Å². The molecule has 0 N–H and O–H groups in total. The van der Waals surface area contributed by atoms with Gasteiger partial charge in [0, 0.05) is 25.8 Å². The lowest BCUT2D eigenvalue weighted by Crippen LogP contribution is -2.47. The molecule has 0 bridgehead atoms. The van der Waals surface area contributed by atoms with Gasteiger partial charge in [0.2, 0.25) is 0 Å². The Bertz CT molecular complexity index is 1160. The Morgan fingerprint density at radius 2 is 0.575 bits per heavy atom. The fourth-order valence-corrected chi connectivity index (χ4v) is 9.51. The molecule has 0 aliphatic heterocycles. The zero-order valence-corrected chi connectivity index (χ0v) is 49.5. The lowest BCUT2D eigenvalue weighted by atomic mass is 9.90. The topological polar surface area (TPSA) is 85.4 Å². The van der Waals surface area contributed by atoms with Crippen LogP contribution >= 0.6 is 0 Å². The molecule has 0 saturated heterocycles.